The first kappa shape index (κ1) is 16.2. The Kier molecular flexibility index (Phi) is 5.94. The number of hydrogen-bond acceptors (Lipinski definition) is 4. The minimum atomic E-state index is 0.398. The predicted octanol–water partition coefficient (Wildman–Crippen LogP) is 2.70. The zero-order valence-corrected chi connectivity index (χ0v) is 13.9. The van der Waals surface area contributed by atoms with Crippen LogP contribution in [0.5, 0.6) is 0 Å². The van der Waals surface area contributed by atoms with Crippen LogP contribution in [0.25, 0.3) is 0 Å². The van der Waals surface area contributed by atoms with Crippen LogP contribution in [0, 0.1) is 6.92 Å². The average Bonchev–Trinajstić information content (AvgIpc) is 2.45. The molecule has 1 aliphatic heterocycles. The van der Waals surface area contributed by atoms with Crippen LogP contribution in [-0.4, -0.2) is 40.5 Å². The van der Waals surface area contributed by atoms with Gasteiger partial charge in [-0.25, -0.2) is 4.98 Å². The Balaban J connectivity index is 1.83. The fourth-order valence-electron chi connectivity index (χ4n) is 2.87. The van der Waals surface area contributed by atoms with Gasteiger partial charge in [0.15, 0.2) is 0 Å². The van der Waals surface area contributed by atoms with Crippen molar-refractivity contribution in [1.82, 2.24) is 9.88 Å². The topological polar surface area (TPSA) is 54.2 Å². The van der Waals surface area contributed by atoms with Gasteiger partial charge in [-0.05, 0) is 51.8 Å². The van der Waals surface area contributed by atoms with E-state index in [1.54, 1.807) is 0 Å². The van der Waals surface area contributed by atoms with E-state index in [9.17, 15) is 0 Å². The molecule has 0 bridgehead atoms. The van der Waals surface area contributed by atoms with Gasteiger partial charge >= 0.3 is 0 Å². The summed E-state index contributed by atoms with van der Waals surface area (Å²) >= 11 is 5.08. The number of nitrogens with one attached hydrogen (secondary N) is 1. The fourth-order valence-corrected chi connectivity index (χ4v) is 3.03. The van der Waals surface area contributed by atoms with Crippen molar-refractivity contribution in [3.63, 3.8) is 0 Å². The summed E-state index contributed by atoms with van der Waals surface area (Å²) in [6.07, 6.45) is 5.15. The molecule has 4 nitrogen and oxygen atoms in total. The van der Waals surface area contributed by atoms with Crippen molar-refractivity contribution in [3.8, 4) is 0 Å². The SMILES string of the molecule is Cc1ccc(C(N)=S)c(NCCCN2CCCCC2C)n1. The third kappa shape index (κ3) is 4.64. The molecule has 1 aromatic rings. The first-order valence-corrected chi connectivity index (χ1v) is 8.24. The summed E-state index contributed by atoms with van der Waals surface area (Å²) in [5.74, 6) is 0.814. The maximum absolute atomic E-state index is 5.75. The van der Waals surface area contributed by atoms with Crippen LogP contribution in [0.15, 0.2) is 12.1 Å². The molecule has 1 aliphatic rings. The Labute approximate surface area is 133 Å². The predicted molar refractivity (Wildman–Crippen MR) is 92.9 cm³/mol. The van der Waals surface area contributed by atoms with E-state index in [1.165, 1.54) is 25.8 Å². The molecule has 0 saturated carbocycles. The highest BCUT2D eigenvalue weighted by molar-refractivity contribution is 7.80. The summed E-state index contributed by atoms with van der Waals surface area (Å²) in [4.78, 5) is 7.49. The Morgan fingerprint density at radius 2 is 2.29 bits per heavy atom. The smallest absolute Gasteiger partial charge is 0.136 e. The van der Waals surface area contributed by atoms with E-state index in [2.05, 4.69) is 22.1 Å². The minimum absolute atomic E-state index is 0.398. The van der Waals surface area contributed by atoms with Gasteiger partial charge in [-0.15, -0.1) is 0 Å². The molecule has 1 atom stereocenters. The third-order valence-corrected chi connectivity index (χ3v) is 4.37. The van der Waals surface area contributed by atoms with Gasteiger partial charge in [-0.1, -0.05) is 18.6 Å². The Bertz CT molecular complexity index is 489. The van der Waals surface area contributed by atoms with Crippen LogP contribution >= 0.6 is 12.2 Å². The first-order valence-electron chi connectivity index (χ1n) is 7.83. The van der Waals surface area contributed by atoms with Crippen molar-refractivity contribution in [1.29, 1.82) is 0 Å². The molecule has 1 saturated heterocycles. The molecule has 1 fully saturated rings. The highest BCUT2D eigenvalue weighted by Gasteiger charge is 2.17. The standard InChI is InChI=1S/C16H26N4S/c1-12-7-8-14(15(17)21)16(19-12)18-9-5-11-20-10-4-3-6-13(20)2/h7-8,13H,3-6,9-11H2,1-2H3,(H2,17,21)(H,18,19). The van der Waals surface area contributed by atoms with Crippen molar-refractivity contribution in [2.45, 2.75) is 45.6 Å². The Hall–Kier alpha value is -1.20. The molecule has 116 valence electrons. The molecule has 2 heterocycles. The lowest BCUT2D eigenvalue weighted by molar-refractivity contribution is 0.160. The summed E-state index contributed by atoms with van der Waals surface area (Å²) in [5.41, 5.74) is 7.56. The average molecular weight is 306 g/mol. The van der Waals surface area contributed by atoms with Gasteiger partial charge in [-0.2, -0.15) is 0 Å². The number of piperidine rings is 1. The zero-order valence-electron chi connectivity index (χ0n) is 13.1. The molecule has 0 aromatic carbocycles. The number of rotatable bonds is 6. The number of likely N-dealkylation sites (tertiary alicyclic amines) is 1. The molecule has 0 spiro atoms. The van der Waals surface area contributed by atoms with Gasteiger partial charge in [0.2, 0.25) is 0 Å². The van der Waals surface area contributed by atoms with Crippen LogP contribution in [-0.2, 0) is 0 Å². The summed E-state index contributed by atoms with van der Waals surface area (Å²) in [5, 5.41) is 3.38. The number of nitrogens with zero attached hydrogens (tertiary/aromatic N) is 2. The van der Waals surface area contributed by atoms with E-state index >= 15 is 0 Å². The van der Waals surface area contributed by atoms with E-state index < -0.39 is 0 Å². The number of aryl methyl sites for hydroxylation is 1. The highest BCUT2D eigenvalue weighted by atomic mass is 32.1. The highest BCUT2D eigenvalue weighted by Crippen LogP contribution is 2.17. The van der Waals surface area contributed by atoms with E-state index in [4.69, 9.17) is 18.0 Å². The largest absolute Gasteiger partial charge is 0.389 e. The molecule has 1 unspecified atom stereocenters. The number of hydrogen-bond donors (Lipinski definition) is 2. The number of thiocarbonyl (C=S) groups is 1. The molecule has 0 radical (unpaired) electrons. The quantitative estimate of drug-likeness (QED) is 0.625. The Morgan fingerprint density at radius 3 is 3.00 bits per heavy atom. The van der Waals surface area contributed by atoms with E-state index in [0.29, 0.717) is 4.99 Å². The normalized spacial score (nSPS) is 19.4. The molecular formula is C16H26N4S. The van der Waals surface area contributed by atoms with E-state index in [-0.39, 0.29) is 0 Å². The summed E-state index contributed by atoms with van der Waals surface area (Å²) < 4.78 is 0. The summed E-state index contributed by atoms with van der Waals surface area (Å²) in [6.45, 7) is 7.59. The van der Waals surface area contributed by atoms with Crippen LogP contribution < -0.4 is 11.1 Å². The van der Waals surface area contributed by atoms with Crippen LogP contribution in [0.4, 0.5) is 5.82 Å². The van der Waals surface area contributed by atoms with Gasteiger partial charge in [0.05, 0.1) is 5.56 Å². The maximum atomic E-state index is 5.75. The lowest BCUT2D eigenvalue weighted by Crippen LogP contribution is -2.38. The molecule has 0 aliphatic carbocycles. The molecule has 3 N–H and O–H groups in total. The second-order valence-corrected chi connectivity index (χ2v) is 6.31. The van der Waals surface area contributed by atoms with Crippen LogP contribution in [0.2, 0.25) is 0 Å². The zero-order chi connectivity index (χ0) is 15.2. The van der Waals surface area contributed by atoms with Gasteiger partial charge < -0.3 is 16.0 Å². The van der Waals surface area contributed by atoms with Crippen molar-refractivity contribution in [2.75, 3.05) is 25.0 Å². The van der Waals surface area contributed by atoms with Gasteiger partial charge in [-0.3, -0.25) is 0 Å². The molecule has 21 heavy (non-hydrogen) atoms. The number of anilines is 1. The van der Waals surface area contributed by atoms with Crippen molar-refractivity contribution in [2.24, 2.45) is 5.73 Å². The van der Waals surface area contributed by atoms with Crippen molar-refractivity contribution in [3.05, 3.63) is 23.4 Å². The molecular weight excluding hydrogens is 280 g/mol. The van der Waals surface area contributed by atoms with Crippen molar-refractivity contribution < 1.29 is 0 Å². The van der Waals surface area contributed by atoms with Gasteiger partial charge in [0.25, 0.3) is 0 Å². The Morgan fingerprint density at radius 1 is 1.48 bits per heavy atom. The molecule has 5 heteroatoms. The van der Waals surface area contributed by atoms with Crippen LogP contribution in [0.1, 0.15) is 43.9 Å². The van der Waals surface area contributed by atoms with Gasteiger partial charge in [0.1, 0.15) is 10.8 Å². The number of nitrogens with two attached hydrogens (primary N) is 1. The molecule has 0 amide bonds. The maximum Gasteiger partial charge on any atom is 0.136 e. The number of pyridine rings is 1. The monoisotopic (exact) mass is 306 g/mol. The van der Waals surface area contributed by atoms with Gasteiger partial charge in [0, 0.05) is 24.8 Å². The lowest BCUT2D eigenvalue weighted by atomic mass is 10.0. The lowest BCUT2D eigenvalue weighted by Gasteiger charge is -2.33. The summed E-state index contributed by atoms with van der Waals surface area (Å²) in [7, 11) is 0. The van der Waals surface area contributed by atoms with Crippen molar-refractivity contribution >= 4 is 23.0 Å². The molecule has 1 aromatic heterocycles. The first-order chi connectivity index (χ1) is 10.1. The second kappa shape index (κ2) is 7.71. The van der Waals surface area contributed by atoms with E-state index in [1.807, 2.05) is 19.1 Å². The van der Waals surface area contributed by atoms with Crippen LogP contribution in [0.3, 0.4) is 0 Å². The van der Waals surface area contributed by atoms with E-state index in [0.717, 1.165) is 42.6 Å². The molecule has 2 rings (SSSR count). The minimum Gasteiger partial charge on any atom is -0.389 e. The third-order valence-electron chi connectivity index (χ3n) is 4.16. The summed E-state index contributed by atoms with van der Waals surface area (Å²) in [6, 6.07) is 4.61. The second-order valence-electron chi connectivity index (χ2n) is 5.87. The number of aromatic nitrogens is 1. The fraction of sp³-hybridized carbons (Fsp3) is 0.625.